The molecule has 0 fully saturated rings. The molecule has 0 saturated heterocycles. The first-order valence-electron chi connectivity index (χ1n) is 5.25. The molecule has 4 heteroatoms. The van der Waals surface area contributed by atoms with Crippen molar-refractivity contribution in [1.29, 1.82) is 5.26 Å². The van der Waals surface area contributed by atoms with E-state index in [4.69, 9.17) is 10.00 Å². The Morgan fingerprint density at radius 2 is 2.00 bits per heavy atom. The summed E-state index contributed by atoms with van der Waals surface area (Å²) in [4.78, 5) is 5.63. The molecule has 2 aromatic rings. The highest BCUT2D eigenvalue weighted by Gasteiger charge is 2.04. The molecule has 0 saturated carbocycles. The Morgan fingerprint density at radius 3 is 2.53 bits per heavy atom. The first kappa shape index (κ1) is 11.6. The molecule has 17 heavy (non-hydrogen) atoms. The second-order valence-electron chi connectivity index (χ2n) is 3.67. The number of ether oxygens (including phenoxy) is 1. The van der Waals surface area contributed by atoms with Crippen molar-refractivity contribution in [3.63, 3.8) is 0 Å². The minimum absolute atomic E-state index is 0.477. The molecule has 86 valence electrons. The number of hydrogen-bond acceptors (Lipinski definition) is 4. The van der Waals surface area contributed by atoms with Crippen LogP contribution in [0, 0.1) is 25.2 Å². The Hall–Kier alpha value is -1.86. The zero-order chi connectivity index (χ0) is 12.3. The lowest BCUT2D eigenvalue weighted by Gasteiger charge is -2.03. The van der Waals surface area contributed by atoms with E-state index >= 15 is 0 Å². The third-order valence-corrected chi connectivity index (χ3v) is 3.46. The highest BCUT2D eigenvalue weighted by Crippen LogP contribution is 2.19. The summed E-state index contributed by atoms with van der Waals surface area (Å²) in [7, 11) is 0. The lowest BCUT2D eigenvalue weighted by Crippen LogP contribution is -1.94. The molecule has 0 amide bonds. The van der Waals surface area contributed by atoms with Gasteiger partial charge in [0.05, 0.1) is 17.3 Å². The van der Waals surface area contributed by atoms with E-state index in [1.165, 1.54) is 4.88 Å². The Labute approximate surface area is 104 Å². The molecule has 0 atom stereocenters. The maximum absolute atomic E-state index is 8.67. The number of hydrogen-bond donors (Lipinski definition) is 0. The lowest BCUT2D eigenvalue weighted by atomic mass is 10.2. The second-order valence-corrected chi connectivity index (χ2v) is 4.96. The topological polar surface area (TPSA) is 45.9 Å². The van der Waals surface area contributed by atoms with E-state index in [2.05, 4.69) is 18.0 Å². The van der Waals surface area contributed by atoms with Gasteiger partial charge in [-0.3, -0.25) is 0 Å². The number of rotatable bonds is 3. The average molecular weight is 244 g/mol. The van der Waals surface area contributed by atoms with Crippen molar-refractivity contribution in [2.45, 2.75) is 20.5 Å². The largest absolute Gasteiger partial charge is 0.486 e. The van der Waals surface area contributed by atoms with Crippen LogP contribution in [0.3, 0.4) is 0 Å². The molecule has 0 spiro atoms. The maximum Gasteiger partial charge on any atom is 0.140 e. The molecule has 0 aliphatic carbocycles. The van der Waals surface area contributed by atoms with Crippen molar-refractivity contribution in [2.24, 2.45) is 0 Å². The summed E-state index contributed by atoms with van der Waals surface area (Å²) >= 11 is 1.65. The van der Waals surface area contributed by atoms with Crippen molar-refractivity contribution in [3.05, 3.63) is 45.4 Å². The van der Waals surface area contributed by atoms with Crippen LogP contribution in [0.1, 0.15) is 21.1 Å². The number of aryl methyl sites for hydroxylation is 2. The van der Waals surface area contributed by atoms with Gasteiger partial charge in [-0.25, -0.2) is 4.98 Å². The van der Waals surface area contributed by atoms with Gasteiger partial charge in [-0.15, -0.1) is 11.3 Å². The van der Waals surface area contributed by atoms with Gasteiger partial charge in [0.15, 0.2) is 0 Å². The summed E-state index contributed by atoms with van der Waals surface area (Å²) in [6, 6.07) is 9.16. The SMILES string of the molecule is Cc1nc(COc2ccc(C#N)cc2)sc1C. The van der Waals surface area contributed by atoms with Crippen molar-refractivity contribution >= 4 is 11.3 Å². The number of nitrogens with zero attached hydrogens (tertiary/aromatic N) is 2. The molecule has 1 aromatic heterocycles. The number of benzene rings is 1. The second kappa shape index (κ2) is 4.98. The molecule has 3 nitrogen and oxygen atoms in total. The average Bonchev–Trinajstić information content (AvgIpc) is 2.67. The highest BCUT2D eigenvalue weighted by atomic mass is 32.1. The molecule has 0 aliphatic rings. The van der Waals surface area contributed by atoms with E-state index in [1.807, 2.05) is 6.92 Å². The fourth-order valence-corrected chi connectivity index (χ4v) is 2.22. The quantitative estimate of drug-likeness (QED) is 0.832. The smallest absolute Gasteiger partial charge is 0.140 e. The predicted octanol–water partition coefficient (Wildman–Crippen LogP) is 3.21. The van der Waals surface area contributed by atoms with E-state index in [9.17, 15) is 0 Å². The molecule has 0 N–H and O–H groups in total. The Kier molecular flexibility index (Phi) is 3.40. The summed E-state index contributed by atoms with van der Waals surface area (Å²) < 4.78 is 5.60. The van der Waals surface area contributed by atoms with Crippen molar-refractivity contribution in [3.8, 4) is 11.8 Å². The Morgan fingerprint density at radius 1 is 1.29 bits per heavy atom. The van der Waals surface area contributed by atoms with Crippen molar-refractivity contribution < 1.29 is 4.74 Å². The summed E-state index contributed by atoms with van der Waals surface area (Å²) in [5.41, 5.74) is 1.70. The normalized spacial score (nSPS) is 9.94. The molecule has 0 unspecified atom stereocenters. The molecule has 0 radical (unpaired) electrons. The Bertz CT molecular complexity index is 532. The van der Waals surface area contributed by atoms with Crippen LogP contribution < -0.4 is 4.74 Å². The molecule has 0 aliphatic heterocycles. The molecule has 1 heterocycles. The van der Waals surface area contributed by atoms with Gasteiger partial charge >= 0.3 is 0 Å². The van der Waals surface area contributed by atoms with Crippen LogP contribution in [0.4, 0.5) is 0 Å². The van der Waals surface area contributed by atoms with Gasteiger partial charge in [0.25, 0.3) is 0 Å². The van der Waals surface area contributed by atoms with Crippen LogP contribution in [-0.4, -0.2) is 4.98 Å². The number of aromatic nitrogens is 1. The summed E-state index contributed by atoms with van der Waals surface area (Å²) in [5, 5.41) is 9.65. The highest BCUT2D eigenvalue weighted by molar-refractivity contribution is 7.11. The monoisotopic (exact) mass is 244 g/mol. The molecular weight excluding hydrogens is 232 g/mol. The standard InChI is InChI=1S/C13H12N2OS/c1-9-10(2)17-13(15-9)8-16-12-5-3-11(7-14)4-6-12/h3-6H,8H2,1-2H3. The summed E-state index contributed by atoms with van der Waals surface area (Å²) in [6.45, 7) is 4.53. The van der Waals surface area contributed by atoms with Crippen LogP contribution in [0.5, 0.6) is 5.75 Å². The first-order valence-corrected chi connectivity index (χ1v) is 6.06. The minimum Gasteiger partial charge on any atom is -0.486 e. The van der Waals surface area contributed by atoms with Gasteiger partial charge in [0, 0.05) is 4.88 Å². The molecule has 1 aromatic carbocycles. The third-order valence-electron chi connectivity index (χ3n) is 2.42. The van der Waals surface area contributed by atoms with E-state index in [-0.39, 0.29) is 0 Å². The maximum atomic E-state index is 8.67. The minimum atomic E-state index is 0.477. The van der Waals surface area contributed by atoms with E-state index in [1.54, 1.807) is 35.6 Å². The van der Waals surface area contributed by atoms with Gasteiger partial charge in [-0.1, -0.05) is 0 Å². The van der Waals surface area contributed by atoms with Crippen LogP contribution >= 0.6 is 11.3 Å². The van der Waals surface area contributed by atoms with Crippen molar-refractivity contribution in [2.75, 3.05) is 0 Å². The van der Waals surface area contributed by atoms with Gasteiger partial charge in [-0.2, -0.15) is 5.26 Å². The predicted molar refractivity (Wildman–Crippen MR) is 67.1 cm³/mol. The van der Waals surface area contributed by atoms with Crippen molar-refractivity contribution in [1.82, 2.24) is 4.98 Å². The zero-order valence-electron chi connectivity index (χ0n) is 9.73. The fourth-order valence-electron chi connectivity index (χ4n) is 1.37. The Balaban J connectivity index is 2.00. The fraction of sp³-hybridized carbons (Fsp3) is 0.231. The van der Waals surface area contributed by atoms with E-state index in [0.717, 1.165) is 16.5 Å². The van der Waals surface area contributed by atoms with Crippen LogP contribution in [-0.2, 0) is 6.61 Å². The van der Waals surface area contributed by atoms with Crippen LogP contribution in [0.25, 0.3) is 0 Å². The third kappa shape index (κ3) is 2.83. The lowest BCUT2D eigenvalue weighted by molar-refractivity contribution is 0.305. The van der Waals surface area contributed by atoms with E-state index in [0.29, 0.717) is 12.2 Å². The summed E-state index contributed by atoms with van der Waals surface area (Å²) in [5.74, 6) is 0.759. The zero-order valence-corrected chi connectivity index (χ0v) is 10.5. The van der Waals surface area contributed by atoms with Gasteiger partial charge in [-0.05, 0) is 38.1 Å². The molecular formula is C13H12N2OS. The molecule has 2 rings (SSSR count). The van der Waals surface area contributed by atoms with Crippen LogP contribution in [0.2, 0.25) is 0 Å². The first-order chi connectivity index (χ1) is 8.19. The molecule has 0 bridgehead atoms. The van der Waals surface area contributed by atoms with Gasteiger partial charge < -0.3 is 4.74 Å². The van der Waals surface area contributed by atoms with Gasteiger partial charge in [0.2, 0.25) is 0 Å². The van der Waals surface area contributed by atoms with E-state index < -0.39 is 0 Å². The number of thiazole rings is 1. The van der Waals surface area contributed by atoms with Crippen LogP contribution in [0.15, 0.2) is 24.3 Å². The number of nitriles is 1. The summed E-state index contributed by atoms with van der Waals surface area (Å²) in [6.07, 6.45) is 0. The van der Waals surface area contributed by atoms with Gasteiger partial charge in [0.1, 0.15) is 17.4 Å².